The number of nitrogens with zero attached hydrogens (tertiary/aromatic N) is 2. The topological polar surface area (TPSA) is 73.2 Å². The molecule has 1 amide bonds. The Morgan fingerprint density at radius 3 is 2.84 bits per heavy atom. The van der Waals surface area contributed by atoms with Gasteiger partial charge in [-0.1, -0.05) is 23.7 Å². The van der Waals surface area contributed by atoms with Crippen LogP contribution in [-0.4, -0.2) is 34.0 Å². The summed E-state index contributed by atoms with van der Waals surface area (Å²) in [5.41, 5.74) is 2.71. The van der Waals surface area contributed by atoms with Gasteiger partial charge in [0.1, 0.15) is 12.4 Å². The highest BCUT2D eigenvalue weighted by atomic mass is 35.5. The van der Waals surface area contributed by atoms with Gasteiger partial charge in [-0.25, -0.2) is 4.68 Å². The van der Waals surface area contributed by atoms with E-state index in [9.17, 15) is 9.59 Å². The maximum atomic E-state index is 12.1. The smallest absolute Gasteiger partial charge is 0.327 e. The molecule has 2 heterocycles. The van der Waals surface area contributed by atoms with Crippen molar-refractivity contribution in [1.82, 2.24) is 9.78 Å². The SMILES string of the molecule is CCOC(=O)Cn1nc(C)c2c1NC(=O)CS[C@@H]2c1ccc(Cl)cc1. The molecule has 0 spiro atoms. The van der Waals surface area contributed by atoms with Crippen molar-refractivity contribution in [2.75, 3.05) is 17.7 Å². The first-order valence-electron chi connectivity index (χ1n) is 7.89. The maximum absolute atomic E-state index is 12.1. The number of halogens is 1. The van der Waals surface area contributed by atoms with Gasteiger partial charge in [-0.3, -0.25) is 9.59 Å². The number of amides is 1. The normalized spacial score (nSPS) is 16.8. The van der Waals surface area contributed by atoms with E-state index in [0.29, 0.717) is 23.2 Å². The Morgan fingerprint density at radius 2 is 2.16 bits per heavy atom. The molecule has 0 unspecified atom stereocenters. The second-order valence-electron chi connectivity index (χ2n) is 5.60. The number of nitrogens with one attached hydrogen (secondary N) is 1. The van der Waals surface area contributed by atoms with Crippen molar-refractivity contribution < 1.29 is 14.3 Å². The number of esters is 1. The van der Waals surface area contributed by atoms with Crippen LogP contribution in [0.4, 0.5) is 5.82 Å². The summed E-state index contributed by atoms with van der Waals surface area (Å²) < 4.78 is 6.51. The molecule has 0 saturated carbocycles. The minimum absolute atomic E-state index is 0.0394. The predicted molar refractivity (Wildman–Crippen MR) is 98.0 cm³/mol. The molecule has 1 aromatic carbocycles. The van der Waals surface area contributed by atoms with Crippen LogP contribution in [-0.2, 0) is 20.9 Å². The Bertz CT molecular complexity index is 804. The molecule has 0 saturated heterocycles. The summed E-state index contributed by atoms with van der Waals surface area (Å²) in [6.45, 7) is 3.89. The van der Waals surface area contributed by atoms with Crippen molar-refractivity contribution in [2.45, 2.75) is 25.6 Å². The van der Waals surface area contributed by atoms with Gasteiger partial charge in [-0.15, -0.1) is 11.8 Å². The lowest BCUT2D eigenvalue weighted by atomic mass is 10.0. The predicted octanol–water partition coefficient (Wildman–Crippen LogP) is 3.18. The van der Waals surface area contributed by atoms with E-state index in [1.807, 2.05) is 31.2 Å². The number of rotatable bonds is 4. The summed E-state index contributed by atoms with van der Waals surface area (Å²) in [6.07, 6.45) is 0. The molecule has 3 rings (SSSR count). The van der Waals surface area contributed by atoms with Crippen molar-refractivity contribution in [2.24, 2.45) is 0 Å². The fourth-order valence-electron chi connectivity index (χ4n) is 2.80. The van der Waals surface area contributed by atoms with Gasteiger partial charge in [0.15, 0.2) is 0 Å². The third-order valence-electron chi connectivity index (χ3n) is 3.83. The number of hydrogen-bond acceptors (Lipinski definition) is 5. The molecule has 1 aliphatic heterocycles. The van der Waals surface area contributed by atoms with Crippen LogP contribution >= 0.6 is 23.4 Å². The van der Waals surface area contributed by atoms with E-state index in [2.05, 4.69) is 10.4 Å². The molecule has 1 N–H and O–H groups in total. The van der Waals surface area contributed by atoms with Gasteiger partial charge in [0, 0.05) is 10.6 Å². The van der Waals surface area contributed by atoms with Crippen LogP contribution in [0.5, 0.6) is 0 Å². The number of anilines is 1. The minimum Gasteiger partial charge on any atom is -0.465 e. The number of aryl methyl sites for hydroxylation is 1. The highest BCUT2D eigenvalue weighted by Crippen LogP contribution is 2.43. The average molecular weight is 380 g/mol. The van der Waals surface area contributed by atoms with E-state index < -0.39 is 0 Å². The lowest BCUT2D eigenvalue weighted by Crippen LogP contribution is -2.20. The first kappa shape index (κ1) is 17.8. The summed E-state index contributed by atoms with van der Waals surface area (Å²) in [5, 5.41) is 7.91. The number of carbonyl (C=O) groups is 2. The number of hydrogen-bond donors (Lipinski definition) is 1. The maximum Gasteiger partial charge on any atom is 0.327 e. The van der Waals surface area contributed by atoms with Crippen LogP contribution in [0.25, 0.3) is 0 Å². The first-order chi connectivity index (χ1) is 12.0. The van der Waals surface area contributed by atoms with Crippen LogP contribution in [0.15, 0.2) is 24.3 Å². The monoisotopic (exact) mass is 379 g/mol. The Hall–Kier alpha value is -1.99. The van der Waals surface area contributed by atoms with Gasteiger partial charge in [-0.2, -0.15) is 5.10 Å². The van der Waals surface area contributed by atoms with Gasteiger partial charge >= 0.3 is 5.97 Å². The molecule has 8 heteroatoms. The average Bonchev–Trinajstić information content (AvgIpc) is 2.75. The number of ether oxygens (including phenoxy) is 1. The molecule has 0 bridgehead atoms. The Morgan fingerprint density at radius 1 is 1.44 bits per heavy atom. The van der Waals surface area contributed by atoms with E-state index in [1.165, 1.54) is 16.4 Å². The lowest BCUT2D eigenvalue weighted by molar-refractivity contribution is -0.144. The van der Waals surface area contributed by atoms with Gasteiger partial charge in [-0.05, 0) is 31.5 Å². The first-order valence-corrected chi connectivity index (χ1v) is 9.32. The zero-order valence-corrected chi connectivity index (χ0v) is 15.5. The number of thioether (sulfide) groups is 1. The quantitative estimate of drug-likeness (QED) is 0.826. The van der Waals surface area contributed by atoms with Crippen molar-refractivity contribution in [3.63, 3.8) is 0 Å². The molecule has 0 radical (unpaired) electrons. The zero-order chi connectivity index (χ0) is 18.0. The van der Waals surface area contributed by atoms with E-state index in [-0.39, 0.29) is 23.7 Å². The summed E-state index contributed by atoms with van der Waals surface area (Å²) >= 11 is 7.51. The molecule has 25 heavy (non-hydrogen) atoms. The fraction of sp³-hybridized carbons (Fsp3) is 0.353. The highest BCUT2D eigenvalue weighted by Gasteiger charge is 2.30. The molecule has 6 nitrogen and oxygen atoms in total. The lowest BCUT2D eigenvalue weighted by Gasteiger charge is -2.15. The Kier molecular flexibility index (Phi) is 5.34. The summed E-state index contributed by atoms with van der Waals surface area (Å²) in [5.74, 6) is 0.371. The number of benzene rings is 1. The number of fused-ring (bicyclic) bond motifs is 1. The molecule has 1 aliphatic rings. The van der Waals surface area contributed by atoms with Crippen LogP contribution in [0.3, 0.4) is 0 Å². The molecule has 1 aromatic heterocycles. The van der Waals surface area contributed by atoms with Gasteiger partial charge in [0.25, 0.3) is 0 Å². The minimum atomic E-state index is -0.387. The number of carbonyl (C=O) groups excluding carboxylic acids is 2. The zero-order valence-electron chi connectivity index (χ0n) is 13.9. The standard InChI is InChI=1S/C17H18ClN3O3S/c1-3-24-14(23)8-21-17-15(10(2)20-21)16(25-9-13(22)19-17)11-4-6-12(18)7-5-11/h4-7,16H,3,8-9H2,1-2H3,(H,19,22)/t16-/m1/s1. The molecular formula is C17H18ClN3O3S. The van der Waals surface area contributed by atoms with E-state index in [1.54, 1.807) is 6.92 Å². The molecule has 0 aliphatic carbocycles. The summed E-state index contributed by atoms with van der Waals surface area (Å²) in [6, 6.07) is 7.55. The van der Waals surface area contributed by atoms with E-state index in [4.69, 9.17) is 16.3 Å². The van der Waals surface area contributed by atoms with Gasteiger partial charge < -0.3 is 10.1 Å². The van der Waals surface area contributed by atoms with Crippen LogP contribution in [0.2, 0.25) is 5.02 Å². The van der Waals surface area contributed by atoms with Gasteiger partial charge in [0.2, 0.25) is 5.91 Å². The molecular weight excluding hydrogens is 362 g/mol. The van der Waals surface area contributed by atoms with Crippen LogP contribution in [0, 0.1) is 6.92 Å². The third kappa shape index (κ3) is 3.82. The molecule has 1 atom stereocenters. The van der Waals surface area contributed by atoms with Crippen molar-refractivity contribution in [1.29, 1.82) is 0 Å². The van der Waals surface area contributed by atoms with Crippen LogP contribution < -0.4 is 5.32 Å². The Labute approximate surface area is 154 Å². The molecule has 0 fully saturated rings. The molecule has 132 valence electrons. The summed E-state index contributed by atoms with van der Waals surface area (Å²) in [4.78, 5) is 24.0. The number of aromatic nitrogens is 2. The van der Waals surface area contributed by atoms with E-state index >= 15 is 0 Å². The van der Waals surface area contributed by atoms with Crippen LogP contribution in [0.1, 0.15) is 29.0 Å². The largest absolute Gasteiger partial charge is 0.465 e. The van der Waals surface area contributed by atoms with Crippen molar-refractivity contribution >= 4 is 41.1 Å². The summed E-state index contributed by atoms with van der Waals surface area (Å²) in [7, 11) is 0. The van der Waals surface area contributed by atoms with Gasteiger partial charge in [0.05, 0.1) is 23.3 Å². The second kappa shape index (κ2) is 7.49. The molecule has 2 aromatic rings. The fourth-order valence-corrected chi connectivity index (χ4v) is 4.11. The van der Waals surface area contributed by atoms with E-state index in [0.717, 1.165) is 16.8 Å². The van der Waals surface area contributed by atoms with Crippen molar-refractivity contribution in [3.8, 4) is 0 Å². The Balaban J connectivity index is 2.03. The highest BCUT2D eigenvalue weighted by molar-refractivity contribution is 8.00. The third-order valence-corrected chi connectivity index (χ3v) is 5.35. The van der Waals surface area contributed by atoms with Crippen molar-refractivity contribution in [3.05, 3.63) is 46.1 Å². The second-order valence-corrected chi connectivity index (χ2v) is 7.13.